The summed E-state index contributed by atoms with van der Waals surface area (Å²) in [7, 11) is 0. The Labute approximate surface area is 89.5 Å². The number of hydrogen-bond donors (Lipinski definition) is 0. The first-order chi connectivity index (χ1) is 7.16. The van der Waals surface area contributed by atoms with Crippen LogP contribution in [0.15, 0.2) is 30.5 Å². The summed E-state index contributed by atoms with van der Waals surface area (Å²) in [4.78, 5) is 10.9. The largest absolute Gasteiger partial charge is 0.347 e. The Balaban J connectivity index is 2.32. The van der Waals surface area contributed by atoms with Crippen molar-refractivity contribution in [3.05, 3.63) is 36.0 Å². The van der Waals surface area contributed by atoms with E-state index in [1.807, 2.05) is 6.20 Å². The van der Waals surface area contributed by atoms with Crippen LogP contribution in [0.5, 0.6) is 0 Å². The third-order valence-electron chi connectivity index (χ3n) is 2.63. The Hall–Kier alpha value is -1.57. The number of aryl methyl sites for hydroxylation is 2. The van der Waals surface area contributed by atoms with Gasteiger partial charge in [-0.15, -0.1) is 0 Å². The van der Waals surface area contributed by atoms with Crippen LogP contribution < -0.4 is 0 Å². The van der Waals surface area contributed by atoms with E-state index < -0.39 is 0 Å². The third kappa shape index (κ3) is 2.09. The lowest BCUT2D eigenvalue weighted by Gasteiger charge is -2.03. The molecule has 0 saturated carbocycles. The van der Waals surface area contributed by atoms with E-state index in [1.54, 1.807) is 6.92 Å². The van der Waals surface area contributed by atoms with Crippen LogP contribution in [0.3, 0.4) is 0 Å². The highest BCUT2D eigenvalue weighted by Gasteiger charge is 2.01. The molecule has 0 spiro atoms. The summed E-state index contributed by atoms with van der Waals surface area (Å²) in [6.45, 7) is 4.50. The van der Waals surface area contributed by atoms with E-state index in [4.69, 9.17) is 0 Å². The Bertz CT molecular complexity index is 496. The Morgan fingerprint density at radius 2 is 2.13 bits per heavy atom. The van der Waals surface area contributed by atoms with Gasteiger partial charge >= 0.3 is 0 Å². The first-order valence-electron chi connectivity index (χ1n) is 5.22. The number of hydrogen-bond acceptors (Lipinski definition) is 1. The topological polar surface area (TPSA) is 22.0 Å². The van der Waals surface area contributed by atoms with E-state index in [0.29, 0.717) is 6.42 Å². The normalized spacial score (nSPS) is 10.8. The van der Waals surface area contributed by atoms with E-state index in [-0.39, 0.29) is 5.78 Å². The number of carbonyl (C=O) groups is 1. The van der Waals surface area contributed by atoms with Crippen LogP contribution in [0.4, 0.5) is 0 Å². The maximum atomic E-state index is 10.9. The Morgan fingerprint density at radius 3 is 2.87 bits per heavy atom. The number of carbonyl (C=O) groups excluding carboxylic acids is 1. The Kier molecular flexibility index (Phi) is 2.58. The highest BCUT2D eigenvalue weighted by Crippen LogP contribution is 2.17. The number of nitrogens with zero attached hydrogens (tertiary/aromatic N) is 1. The van der Waals surface area contributed by atoms with E-state index in [2.05, 4.69) is 35.8 Å². The van der Waals surface area contributed by atoms with Gasteiger partial charge in [0, 0.05) is 24.7 Å². The van der Waals surface area contributed by atoms with Crippen molar-refractivity contribution in [2.75, 3.05) is 0 Å². The van der Waals surface area contributed by atoms with E-state index in [1.165, 1.54) is 16.5 Å². The standard InChI is InChI=1S/C13H15NO/c1-10-3-4-13-12(9-10)6-8-14(13)7-5-11(2)15/h3-4,6,8-9H,5,7H2,1-2H3. The molecular weight excluding hydrogens is 186 g/mol. The van der Waals surface area contributed by atoms with Crippen molar-refractivity contribution in [1.29, 1.82) is 0 Å². The fraction of sp³-hybridized carbons (Fsp3) is 0.308. The van der Waals surface area contributed by atoms with Crippen LogP contribution in [-0.4, -0.2) is 10.4 Å². The maximum Gasteiger partial charge on any atom is 0.131 e. The predicted molar refractivity (Wildman–Crippen MR) is 62.0 cm³/mol. The van der Waals surface area contributed by atoms with Crippen LogP contribution in [0, 0.1) is 6.92 Å². The fourth-order valence-electron chi connectivity index (χ4n) is 1.79. The molecule has 0 N–H and O–H groups in total. The maximum absolute atomic E-state index is 10.9. The van der Waals surface area contributed by atoms with E-state index >= 15 is 0 Å². The summed E-state index contributed by atoms with van der Waals surface area (Å²) in [5.74, 6) is 0.240. The summed E-state index contributed by atoms with van der Waals surface area (Å²) in [6, 6.07) is 8.49. The molecule has 1 aromatic carbocycles. The van der Waals surface area contributed by atoms with Gasteiger partial charge in [-0.2, -0.15) is 0 Å². The van der Waals surface area contributed by atoms with Gasteiger partial charge in [-0.05, 0) is 37.4 Å². The minimum atomic E-state index is 0.240. The minimum Gasteiger partial charge on any atom is -0.347 e. The van der Waals surface area contributed by atoms with Gasteiger partial charge in [0.15, 0.2) is 0 Å². The second kappa shape index (κ2) is 3.89. The molecule has 1 aromatic heterocycles. The van der Waals surface area contributed by atoms with Gasteiger partial charge in [0.25, 0.3) is 0 Å². The van der Waals surface area contributed by atoms with Crippen LogP contribution in [0.25, 0.3) is 10.9 Å². The molecule has 2 aromatic rings. The molecule has 0 aliphatic heterocycles. The molecule has 0 unspecified atom stereocenters. The second-order valence-electron chi connectivity index (χ2n) is 4.02. The van der Waals surface area contributed by atoms with Crippen LogP contribution in [0.2, 0.25) is 0 Å². The molecule has 0 amide bonds. The molecule has 2 rings (SSSR count). The van der Waals surface area contributed by atoms with Gasteiger partial charge < -0.3 is 4.57 Å². The highest BCUT2D eigenvalue weighted by molar-refractivity contribution is 5.81. The van der Waals surface area contributed by atoms with Gasteiger partial charge in [-0.25, -0.2) is 0 Å². The third-order valence-corrected chi connectivity index (χ3v) is 2.63. The molecule has 0 saturated heterocycles. The smallest absolute Gasteiger partial charge is 0.131 e. The lowest BCUT2D eigenvalue weighted by Crippen LogP contribution is -2.00. The number of fused-ring (bicyclic) bond motifs is 1. The number of aromatic nitrogens is 1. The van der Waals surface area contributed by atoms with Gasteiger partial charge in [-0.3, -0.25) is 4.79 Å². The summed E-state index contributed by atoms with van der Waals surface area (Å²) < 4.78 is 2.14. The average Bonchev–Trinajstić information content (AvgIpc) is 2.57. The van der Waals surface area contributed by atoms with Crippen molar-refractivity contribution in [3.63, 3.8) is 0 Å². The molecule has 0 aliphatic carbocycles. The predicted octanol–water partition coefficient (Wildman–Crippen LogP) is 2.93. The lowest BCUT2D eigenvalue weighted by atomic mass is 10.2. The van der Waals surface area contributed by atoms with E-state index in [9.17, 15) is 4.79 Å². The van der Waals surface area contributed by atoms with Gasteiger partial charge in [0.2, 0.25) is 0 Å². The molecule has 0 atom stereocenters. The first-order valence-corrected chi connectivity index (χ1v) is 5.22. The van der Waals surface area contributed by atoms with E-state index in [0.717, 1.165) is 6.54 Å². The summed E-state index contributed by atoms with van der Waals surface area (Å²) in [5, 5.41) is 1.25. The molecule has 2 nitrogen and oxygen atoms in total. The zero-order chi connectivity index (χ0) is 10.8. The molecule has 0 bridgehead atoms. The second-order valence-corrected chi connectivity index (χ2v) is 4.02. The van der Waals surface area contributed by atoms with Crippen molar-refractivity contribution in [3.8, 4) is 0 Å². The van der Waals surface area contributed by atoms with Crippen molar-refractivity contribution in [2.45, 2.75) is 26.8 Å². The monoisotopic (exact) mass is 201 g/mol. The van der Waals surface area contributed by atoms with Crippen LogP contribution in [0.1, 0.15) is 18.9 Å². The van der Waals surface area contributed by atoms with Crippen molar-refractivity contribution in [1.82, 2.24) is 4.57 Å². The van der Waals surface area contributed by atoms with Crippen LogP contribution >= 0.6 is 0 Å². The molecule has 0 fully saturated rings. The van der Waals surface area contributed by atoms with Crippen molar-refractivity contribution >= 4 is 16.7 Å². The minimum absolute atomic E-state index is 0.240. The molecule has 1 heterocycles. The number of benzene rings is 1. The fourth-order valence-corrected chi connectivity index (χ4v) is 1.79. The van der Waals surface area contributed by atoms with Gasteiger partial charge in [0.05, 0.1) is 0 Å². The quantitative estimate of drug-likeness (QED) is 0.748. The number of rotatable bonds is 3. The number of Topliss-reactive ketones (excluding diaryl/α,β-unsaturated/α-hetero) is 1. The zero-order valence-corrected chi connectivity index (χ0v) is 9.16. The summed E-state index contributed by atoms with van der Waals surface area (Å²) in [6.07, 6.45) is 2.66. The SMILES string of the molecule is CC(=O)CCn1ccc2cc(C)ccc21. The molecule has 78 valence electrons. The molecular formula is C13H15NO. The molecule has 2 heteroatoms. The zero-order valence-electron chi connectivity index (χ0n) is 9.16. The van der Waals surface area contributed by atoms with Gasteiger partial charge in [-0.1, -0.05) is 11.6 Å². The Morgan fingerprint density at radius 1 is 1.33 bits per heavy atom. The number of ketones is 1. The summed E-state index contributed by atoms with van der Waals surface area (Å²) in [5.41, 5.74) is 2.48. The lowest BCUT2D eigenvalue weighted by molar-refractivity contribution is -0.117. The van der Waals surface area contributed by atoms with Crippen molar-refractivity contribution < 1.29 is 4.79 Å². The van der Waals surface area contributed by atoms with Crippen molar-refractivity contribution in [2.24, 2.45) is 0 Å². The molecule has 0 aliphatic rings. The average molecular weight is 201 g/mol. The summed E-state index contributed by atoms with van der Waals surface area (Å²) >= 11 is 0. The highest BCUT2D eigenvalue weighted by atomic mass is 16.1. The van der Waals surface area contributed by atoms with Gasteiger partial charge in [0.1, 0.15) is 5.78 Å². The first kappa shape index (κ1) is 9.97. The molecule has 15 heavy (non-hydrogen) atoms. The molecule has 0 radical (unpaired) electrons. The van der Waals surface area contributed by atoms with Crippen LogP contribution in [-0.2, 0) is 11.3 Å².